The molecule has 0 bridgehead atoms. The standard InChI is InChI=1S/C16H21N3O.2ClH/c1-10(19(2)3)11-6-7-12-14(9-11)18-16(20)13-5-4-8-17-15(12)13;;/h6-7,9-10,17H,4-5,8H2,1-3H3,(H,18,20);2*1H. The van der Waals surface area contributed by atoms with E-state index in [1.165, 1.54) is 5.56 Å². The van der Waals surface area contributed by atoms with Crippen molar-refractivity contribution in [2.75, 3.05) is 26.0 Å². The minimum absolute atomic E-state index is 0. The number of nitrogens with zero attached hydrogens (tertiary/aromatic N) is 1. The summed E-state index contributed by atoms with van der Waals surface area (Å²) in [4.78, 5) is 17.4. The lowest BCUT2D eigenvalue weighted by Crippen LogP contribution is -2.22. The van der Waals surface area contributed by atoms with Gasteiger partial charge < -0.3 is 15.2 Å². The van der Waals surface area contributed by atoms with Crippen LogP contribution in [-0.4, -0.2) is 30.5 Å². The number of pyridine rings is 1. The Morgan fingerprint density at radius 3 is 2.64 bits per heavy atom. The first-order valence-electron chi connectivity index (χ1n) is 7.17. The fraction of sp³-hybridized carbons (Fsp3) is 0.438. The molecule has 6 heteroatoms. The molecule has 0 aliphatic carbocycles. The fourth-order valence-corrected chi connectivity index (χ4v) is 2.83. The quantitative estimate of drug-likeness (QED) is 0.878. The van der Waals surface area contributed by atoms with Gasteiger partial charge in [0, 0.05) is 23.5 Å². The Labute approximate surface area is 143 Å². The van der Waals surface area contributed by atoms with Gasteiger partial charge in [0.15, 0.2) is 0 Å². The fourth-order valence-electron chi connectivity index (χ4n) is 2.83. The van der Waals surface area contributed by atoms with Gasteiger partial charge >= 0.3 is 0 Å². The molecule has 1 aromatic heterocycles. The van der Waals surface area contributed by atoms with E-state index in [9.17, 15) is 4.79 Å². The summed E-state index contributed by atoms with van der Waals surface area (Å²) in [7, 11) is 4.12. The van der Waals surface area contributed by atoms with Crippen LogP contribution in [0, 0.1) is 0 Å². The lowest BCUT2D eigenvalue weighted by molar-refractivity contribution is 0.321. The van der Waals surface area contributed by atoms with Crippen molar-refractivity contribution < 1.29 is 0 Å². The van der Waals surface area contributed by atoms with Crippen LogP contribution in [0.1, 0.15) is 30.5 Å². The highest BCUT2D eigenvalue weighted by Gasteiger charge is 2.17. The second kappa shape index (κ2) is 7.36. The number of anilines is 1. The summed E-state index contributed by atoms with van der Waals surface area (Å²) in [6.07, 6.45) is 1.89. The van der Waals surface area contributed by atoms with Gasteiger partial charge in [0.2, 0.25) is 0 Å². The van der Waals surface area contributed by atoms with Crippen LogP contribution >= 0.6 is 24.8 Å². The molecular weight excluding hydrogens is 321 g/mol. The molecule has 1 aliphatic heterocycles. The van der Waals surface area contributed by atoms with Gasteiger partial charge in [-0.1, -0.05) is 12.1 Å². The maximum Gasteiger partial charge on any atom is 0.253 e. The Kier molecular flexibility index (Phi) is 6.29. The van der Waals surface area contributed by atoms with E-state index in [4.69, 9.17) is 0 Å². The molecule has 0 radical (unpaired) electrons. The average Bonchev–Trinajstić information content (AvgIpc) is 2.46. The minimum Gasteiger partial charge on any atom is -0.384 e. The molecule has 0 saturated heterocycles. The number of hydrogen-bond acceptors (Lipinski definition) is 3. The normalized spacial score (nSPS) is 14.5. The highest BCUT2D eigenvalue weighted by molar-refractivity contribution is 5.93. The van der Waals surface area contributed by atoms with Crippen molar-refractivity contribution in [3.05, 3.63) is 39.7 Å². The average molecular weight is 344 g/mol. The lowest BCUT2D eigenvalue weighted by atomic mass is 9.99. The zero-order valence-electron chi connectivity index (χ0n) is 13.1. The van der Waals surface area contributed by atoms with E-state index >= 15 is 0 Å². The van der Waals surface area contributed by atoms with Crippen LogP contribution in [0.5, 0.6) is 0 Å². The molecule has 3 rings (SSSR count). The summed E-state index contributed by atoms with van der Waals surface area (Å²) >= 11 is 0. The molecule has 0 saturated carbocycles. The van der Waals surface area contributed by atoms with E-state index in [0.717, 1.165) is 41.5 Å². The highest BCUT2D eigenvalue weighted by Crippen LogP contribution is 2.29. The molecule has 0 spiro atoms. The SMILES string of the molecule is CC(c1ccc2c3c(c(=O)[nH]c2c1)CCCN3)N(C)C.Cl.Cl. The number of fused-ring (bicyclic) bond motifs is 3. The minimum atomic E-state index is 0. The lowest BCUT2D eigenvalue weighted by Gasteiger charge is -2.22. The Morgan fingerprint density at radius 2 is 1.95 bits per heavy atom. The number of aromatic amines is 1. The van der Waals surface area contributed by atoms with Crippen molar-refractivity contribution in [3.63, 3.8) is 0 Å². The molecule has 0 amide bonds. The molecule has 1 unspecified atom stereocenters. The van der Waals surface area contributed by atoms with Crippen molar-refractivity contribution >= 4 is 41.4 Å². The van der Waals surface area contributed by atoms with Crippen molar-refractivity contribution in [3.8, 4) is 0 Å². The second-order valence-electron chi connectivity index (χ2n) is 5.78. The van der Waals surface area contributed by atoms with Crippen LogP contribution in [0.2, 0.25) is 0 Å². The van der Waals surface area contributed by atoms with Gasteiger partial charge in [0.1, 0.15) is 0 Å². The van der Waals surface area contributed by atoms with Crippen LogP contribution in [-0.2, 0) is 6.42 Å². The first-order valence-corrected chi connectivity index (χ1v) is 7.17. The van der Waals surface area contributed by atoms with Gasteiger partial charge in [-0.3, -0.25) is 4.79 Å². The van der Waals surface area contributed by atoms with Crippen molar-refractivity contribution in [1.29, 1.82) is 0 Å². The molecule has 122 valence electrons. The molecule has 1 aliphatic rings. The maximum atomic E-state index is 12.2. The Bertz CT molecular complexity index is 712. The van der Waals surface area contributed by atoms with Crippen LogP contribution in [0.3, 0.4) is 0 Å². The number of nitrogens with one attached hydrogen (secondary N) is 2. The topological polar surface area (TPSA) is 48.1 Å². The van der Waals surface area contributed by atoms with E-state index < -0.39 is 0 Å². The number of benzene rings is 1. The molecule has 2 aromatic rings. The molecule has 2 heterocycles. The van der Waals surface area contributed by atoms with E-state index in [0.29, 0.717) is 6.04 Å². The summed E-state index contributed by atoms with van der Waals surface area (Å²) in [5.74, 6) is 0. The third-order valence-corrected chi connectivity index (χ3v) is 4.30. The summed E-state index contributed by atoms with van der Waals surface area (Å²) in [6.45, 7) is 3.11. The molecular formula is C16H23Cl2N3O. The van der Waals surface area contributed by atoms with E-state index in [1.54, 1.807) is 0 Å². The summed E-state index contributed by atoms with van der Waals surface area (Å²) in [5.41, 5.74) is 4.12. The van der Waals surface area contributed by atoms with Crippen LogP contribution in [0.15, 0.2) is 23.0 Å². The molecule has 2 N–H and O–H groups in total. The number of aromatic nitrogens is 1. The van der Waals surface area contributed by atoms with Gasteiger partial charge in [-0.15, -0.1) is 24.8 Å². The zero-order valence-corrected chi connectivity index (χ0v) is 14.7. The highest BCUT2D eigenvalue weighted by atomic mass is 35.5. The first-order chi connectivity index (χ1) is 9.58. The number of H-pyrrole nitrogens is 1. The largest absolute Gasteiger partial charge is 0.384 e. The predicted molar refractivity (Wildman–Crippen MR) is 98.0 cm³/mol. The third kappa shape index (κ3) is 3.24. The Balaban J connectivity index is 0.00000121. The van der Waals surface area contributed by atoms with Gasteiger partial charge in [-0.05, 0) is 45.5 Å². The smallest absolute Gasteiger partial charge is 0.253 e. The molecule has 1 atom stereocenters. The van der Waals surface area contributed by atoms with Crippen LogP contribution < -0.4 is 10.9 Å². The molecule has 22 heavy (non-hydrogen) atoms. The molecule has 1 aromatic carbocycles. The summed E-state index contributed by atoms with van der Waals surface area (Å²) in [5, 5.41) is 4.51. The number of halogens is 2. The van der Waals surface area contributed by atoms with Gasteiger partial charge in [-0.25, -0.2) is 0 Å². The number of rotatable bonds is 2. The number of hydrogen-bond donors (Lipinski definition) is 2. The van der Waals surface area contributed by atoms with E-state index in [-0.39, 0.29) is 30.4 Å². The first kappa shape index (κ1) is 18.8. The second-order valence-corrected chi connectivity index (χ2v) is 5.78. The van der Waals surface area contributed by atoms with Crippen molar-refractivity contribution in [2.45, 2.75) is 25.8 Å². The maximum absolute atomic E-state index is 12.2. The monoisotopic (exact) mass is 343 g/mol. The van der Waals surface area contributed by atoms with Crippen LogP contribution in [0.4, 0.5) is 5.69 Å². The van der Waals surface area contributed by atoms with Crippen molar-refractivity contribution in [2.24, 2.45) is 0 Å². The van der Waals surface area contributed by atoms with Gasteiger partial charge in [-0.2, -0.15) is 0 Å². The van der Waals surface area contributed by atoms with Crippen molar-refractivity contribution in [1.82, 2.24) is 9.88 Å². The summed E-state index contributed by atoms with van der Waals surface area (Å²) in [6, 6.07) is 6.70. The zero-order chi connectivity index (χ0) is 14.3. The van der Waals surface area contributed by atoms with Gasteiger partial charge in [0.05, 0.1) is 11.2 Å². The van der Waals surface area contributed by atoms with E-state index in [2.05, 4.69) is 54.4 Å². The molecule has 4 nitrogen and oxygen atoms in total. The Morgan fingerprint density at radius 1 is 1.23 bits per heavy atom. The predicted octanol–water partition coefficient (Wildman–Crippen LogP) is 3.35. The van der Waals surface area contributed by atoms with Gasteiger partial charge in [0.25, 0.3) is 5.56 Å². The molecule has 0 fully saturated rings. The third-order valence-electron chi connectivity index (χ3n) is 4.30. The Hall–Kier alpha value is -1.23. The summed E-state index contributed by atoms with van der Waals surface area (Å²) < 4.78 is 0. The van der Waals surface area contributed by atoms with Crippen LogP contribution in [0.25, 0.3) is 10.9 Å². The van der Waals surface area contributed by atoms with E-state index in [1.807, 2.05) is 0 Å².